The molecule has 38 heavy (non-hydrogen) atoms. The molecular weight excluding hydrogens is 629 g/mol. The number of thiocarbonyl (C=S) groups is 4. The Hall–Kier alpha value is 0.880. The number of hydrogen-bond acceptors (Lipinski definition) is 10. The highest BCUT2D eigenvalue weighted by Crippen LogP contribution is 2.30. The molecule has 0 saturated carbocycles. The van der Waals surface area contributed by atoms with Gasteiger partial charge in [-0.05, 0) is 73.5 Å². The van der Waals surface area contributed by atoms with Gasteiger partial charge in [-0.1, -0.05) is 72.4 Å². The molecular formula is C24H40N6S8. The van der Waals surface area contributed by atoms with Gasteiger partial charge in [-0.2, -0.15) is 0 Å². The van der Waals surface area contributed by atoms with Crippen LogP contribution in [0.4, 0.5) is 0 Å². The fraction of sp³-hybridized carbons (Fsp3) is 0.833. The fourth-order valence-corrected chi connectivity index (χ4v) is 10.4. The maximum absolute atomic E-state index is 5.76. The van der Waals surface area contributed by atoms with Crippen LogP contribution in [0.1, 0.15) is 25.7 Å². The van der Waals surface area contributed by atoms with E-state index in [0.717, 1.165) is 94.2 Å². The summed E-state index contributed by atoms with van der Waals surface area (Å²) in [4.78, 5) is 14.4. The summed E-state index contributed by atoms with van der Waals surface area (Å²) in [6.07, 6.45) is 5.40. The Morgan fingerprint density at radius 3 is 1.03 bits per heavy atom. The van der Waals surface area contributed by atoms with Crippen LogP contribution in [-0.2, 0) is 0 Å². The van der Waals surface area contributed by atoms with Crippen LogP contribution in [0, 0.1) is 0 Å². The topological polar surface area (TPSA) is 19.4 Å². The Balaban J connectivity index is 1.05. The monoisotopic (exact) mass is 668 g/mol. The summed E-state index contributed by atoms with van der Waals surface area (Å²) in [6, 6.07) is 0. The van der Waals surface area contributed by atoms with Gasteiger partial charge < -0.3 is 29.4 Å². The number of likely N-dealkylation sites (tertiary alicyclic amines) is 2. The van der Waals surface area contributed by atoms with Crippen molar-refractivity contribution in [1.29, 1.82) is 0 Å². The summed E-state index contributed by atoms with van der Waals surface area (Å²) < 4.78 is 3.95. The van der Waals surface area contributed by atoms with Crippen LogP contribution in [0.15, 0.2) is 0 Å². The first kappa shape index (κ1) is 31.8. The minimum Gasteiger partial charge on any atom is -0.354 e. The third-order valence-electron chi connectivity index (χ3n) is 7.44. The van der Waals surface area contributed by atoms with Crippen LogP contribution in [0.25, 0.3) is 0 Å². The zero-order chi connectivity index (χ0) is 26.7. The van der Waals surface area contributed by atoms with Crippen LogP contribution in [0.5, 0.6) is 0 Å². The van der Waals surface area contributed by atoms with Crippen molar-refractivity contribution in [2.24, 2.45) is 0 Å². The van der Waals surface area contributed by atoms with Gasteiger partial charge in [0.25, 0.3) is 0 Å². The summed E-state index contributed by atoms with van der Waals surface area (Å²) in [7, 11) is 3.27. The van der Waals surface area contributed by atoms with E-state index < -0.39 is 0 Å². The van der Waals surface area contributed by atoms with Crippen molar-refractivity contribution in [1.82, 2.24) is 29.4 Å². The molecule has 0 atom stereocenters. The summed E-state index contributed by atoms with van der Waals surface area (Å²) in [5.74, 6) is 2.19. The normalized spacial score (nSPS) is 21.4. The molecule has 0 bridgehead atoms. The Labute approximate surface area is 267 Å². The summed E-state index contributed by atoms with van der Waals surface area (Å²) in [5, 5.41) is 0. The van der Waals surface area contributed by atoms with Gasteiger partial charge in [-0.3, -0.25) is 0 Å². The zero-order valence-corrected chi connectivity index (χ0v) is 28.6. The lowest BCUT2D eigenvalue weighted by Gasteiger charge is -2.38. The Bertz CT molecular complexity index is 738. The van der Waals surface area contributed by atoms with Crippen molar-refractivity contribution < 1.29 is 0 Å². The second-order valence-electron chi connectivity index (χ2n) is 9.97. The number of rotatable bonds is 6. The third-order valence-corrected chi connectivity index (χ3v) is 14.2. The molecule has 0 aliphatic carbocycles. The van der Waals surface area contributed by atoms with Crippen LogP contribution >= 0.6 is 94.0 Å². The average Bonchev–Trinajstić information content (AvgIpc) is 3.66. The van der Waals surface area contributed by atoms with E-state index in [2.05, 4.69) is 29.4 Å². The molecule has 4 saturated heterocycles. The maximum Gasteiger partial charge on any atom is 0.147 e. The molecule has 6 nitrogen and oxygen atoms in total. The molecule has 0 amide bonds. The second kappa shape index (κ2) is 17.1. The maximum atomic E-state index is 5.76. The lowest BCUT2D eigenvalue weighted by molar-refractivity contribution is 0.270. The van der Waals surface area contributed by atoms with E-state index in [1.807, 2.05) is 23.5 Å². The molecule has 0 aromatic heterocycles. The molecule has 4 fully saturated rings. The highest BCUT2D eigenvalue weighted by Gasteiger charge is 2.25. The van der Waals surface area contributed by atoms with Gasteiger partial charge in [-0.15, -0.1) is 0 Å². The molecule has 0 aromatic rings. The van der Waals surface area contributed by atoms with Crippen molar-refractivity contribution in [2.75, 3.05) is 103 Å². The van der Waals surface area contributed by atoms with E-state index in [4.69, 9.17) is 48.9 Å². The molecule has 0 radical (unpaired) electrons. The fourth-order valence-electron chi connectivity index (χ4n) is 5.04. The standard InChI is InChI=1S/C24H40N6S8/c31-21(35-19-17-25-5-1-2-6-25)27-9-13-29(14-10-27)23(33)37-38-24(34)30-15-11-28(12-16-30)22(32)36-20-18-26-7-3-4-8-26/h1-20H2. The Kier molecular flexibility index (Phi) is 14.3. The third kappa shape index (κ3) is 10.3. The van der Waals surface area contributed by atoms with E-state index >= 15 is 0 Å². The van der Waals surface area contributed by atoms with Gasteiger partial charge in [-0.25, -0.2) is 0 Å². The van der Waals surface area contributed by atoms with Crippen LogP contribution in [0.2, 0.25) is 0 Å². The number of hydrogen-bond donors (Lipinski definition) is 0. The van der Waals surface area contributed by atoms with Gasteiger partial charge in [0.2, 0.25) is 0 Å². The lowest BCUT2D eigenvalue weighted by atomic mass is 10.4. The smallest absolute Gasteiger partial charge is 0.147 e. The molecule has 4 heterocycles. The SMILES string of the molecule is S=C(SCCN1CCCC1)N1CCN(C(=S)SSC(=S)N2CCN(C(=S)SCCN3CCCC3)CC2)CC1. The van der Waals surface area contributed by atoms with Gasteiger partial charge in [0.15, 0.2) is 0 Å². The van der Waals surface area contributed by atoms with E-state index in [1.54, 1.807) is 21.6 Å². The molecule has 14 heteroatoms. The Morgan fingerprint density at radius 2 is 0.711 bits per heavy atom. The minimum atomic E-state index is 0.928. The quantitative estimate of drug-likeness (QED) is 0.295. The molecule has 214 valence electrons. The first-order valence-corrected chi connectivity index (χ1v) is 19.5. The van der Waals surface area contributed by atoms with E-state index in [0.29, 0.717) is 0 Å². The molecule has 0 unspecified atom stereocenters. The van der Waals surface area contributed by atoms with Gasteiger partial charge in [0, 0.05) is 77.0 Å². The summed E-state index contributed by atoms with van der Waals surface area (Å²) in [6.45, 7) is 14.8. The largest absolute Gasteiger partial charge is 0.354 e. The van der Waals surface area contributed by atoms with Gasteiger partial charge in [0.1, 0.15) is 17.3 Å². The number of piperazine rings is 2. The molecule has 4 aliphatic rings. The molecule has 4 rings (SSSR count). The van der Waals surface area contributed by atoms with E-state index in [9.17, 15) is 0 Å². The summed E-state index contributed by atoms with van der Waals surface area (Å²) in [5.41, 5.74) is 0. The van der Waals surface area contributed by atoms with Crippen molar-refractivity contribution in [2.45, 2.75) is 25.7 Å². The first-order chi connectivity index (χ1) is 18.5. The highest BCUT2D eigenvalue weighted by molar-refractivity contribution is 8.89. The highest BCUT2D eigenvalue weighted by atomic mass is 33.1. The summed E-state index contributed by atoms with van der Waals surface area (Å²) >= 11 is 26.6. The Morgan fingerprint density at radius 1 is 0.421 bits per heavy atom. The van der Waals surface area contributed by atoms with Gasteiger partial charge in [0.05, 0.1) is 0 Å². The molecule has 0 N–H and O–H groups in total. The van der Waals surface area contributed by atoms with Gasteiger partial charge >= 0.3 is 0 Å². The predicted octanol–water partition coefficient (Wildman–Crippen LogP) is 4.40. The van der Waals surface area contributed by atoms with Crippen LogP contribution in [-0.4, -0.2) is 150 Å². The number of thioether (sulfide) groups is 2. The van der Waals surface area contributed by atoms with Crippen molar-refractivity contribution in [3.05, 3.63) is 0 Å². The van der Waals surface area contributed by atoms with Crippen molar-refractivity contribution in [3.8, 4) is 0 Å². The van der Waals surface area contributed by atoms with Crippen molar-refractivity contribution in [3.63, 3.8) is 0 Å². The lowest BCUT2D eigenvalue weighted by Crippen LogP contribution is -2.49. The van der Waals surface area contributed by atoms with Crippen LogP contribution in [0.3, 0.4) is 0 Å². The van der Waals surface area contributed by atoms with E-state index in [-0.39, 0.29) is 0 Å². The second-order valence-corrected chi connectivity index (χ2v) is 16.8. The molecule has 0 spiro atoms. The minimum absolute atomic E-state index is 0.928. The molecule has 0 aromatic carbocycles. The number of nitrogens with zero attached hydrogens (tertiary/aromatic N) is 6. The molecule has 4 aliphatic heterocycles. The van der Waals surface area contributed by atoms with E-state index in [1.165, 1.54) is 51.9 Å². The predicted molar refractivity (Wildman–Crippen MR) is 188 cm³/mol. The zero-order valence-electron chi connectivity index (χ0n) is 22.1. The van der Waals surface area contributed by atoms with Crippen molar-refractivity contribution >= 4 is 111 Å². The van der Waals surface area contributed by atoms with Crippen LogP contribution < -0.4 is 0 Å². The first-order valence-electron chi connectivity index (χ1n) is 13.7. The average molecular weight is 669 g/mol.